The lowest BCUT2D eigenvalue weighted by Gasteiger charge is -2.22. The number of fused-ring (bicyclic) bond motifs is 4. The minimum atomic E-state index is 0.424. The number of nitrogens with one attached hydrogen (secondary N) is 1. The highest BCUT2D eigenvalue weighted by Crippen LogP contribution is 2.31. The molecule has 2 aromatic heterocycles. The predicted octanol–water partition coefficient (Wildman–Crippen LogP) is 3.15. The molecule has 1 aromatic carbocycles. The lowest BCUT2D eigenvalue weighted by molar-refractivity contribution is 0.694. The van der Waals surface area contributed by atoms with Crippen LogP contribution >= 0.6 is 11.3 Å². The Hall–Kier alpha value is -1.94. The topological polar surface area (TPSA) is 41.7 Å². The van der Waals surface area contributed by atoms with E-state index in [1.165, 1.54) is 26.4 Å². The normalized spacial score (nSPS) is 13.3. The average Bonchev–Trinajstić information content (AvgIpc) is 2.74. The van der Waals surface area contributed by atoms with Crippen LogP contribution in [0, 0.1) is 19.3 Å². The first kappa shape index (κ1) is 11.9. The molecule has 1 aliphatic heterocycles. The van der Waals surface area contributed by atoms with Gasteiger partial charge in [-0.25, -0.2) is 4.98 Å². The number of thiophene rings is 1. The van der Waals surface area contributed by atoms with E-state index < -0.39 is 0 Å². The molecular formula is C16H15N3S. The van der Waals surface area contributed by atoms with E-state index in [-0.39, 0.29) is 0 Å². The standard InChI is InChI=1S/C16H15N3S/c1-9-10(2)20-16-14(9)15(17)18-13-7-11-5-3-4-6-12(11)8-19(13)16/h3-6,17H,7-8H2,1-2H3. The van der Waals surface area contributed by atoms with Crippen molar-refractivity contribution in [1.82, 2.24) is 9.55 Å². The van der Waals surface area contributed by atoms with Crippen molar-refractivity contribution in [3.8, 4) is 0 Å². The lowest BCUT2D eigenvalue weighted by atomic mass is 10.0. The molecule has 4 heteroatoms. The molecule has 0 atom stereocenters. The minimum Gasteiger partial charge on any atom is -0.316 e. The molecule has 1 aliphatic rings. The Kier molecular flexibility index (Phi) is 2.39. The van der Waals surface area contributed by atoms with E-state index in [9.17, 15) is 0 Å². The summed E-state index contributed by atoms with van der Waals surface area (Å²) >= 11 is 1.79. The van der Waals surface area contributed by atoms with Crippen molar-refractivity contribution in [2.45, 2.75) is 26.8 Å². The highest BCUT2D eigenvalue weighted by molar-refractivity contribution is 7.18. The summed E-state index contributed by atoms with van der Waals surface area (Å²) < 4.78 is 2.29. The first-order valence-electron chi connectivity index (χ1n) is 6.76. The molecule has 3 aromatic rings. The zero-order chi connectivity index (χ0) is 13.9. The highest BCUT2D eigenvalue weighted by atomic mass is 32.1. The van der Waals surface area contributed by atoms with E-state index >= 15 is 0 Å². The average molecular weight is 281 g/mol. The number of aromatic nitrogens is 2. The third kappa shape index (κ3) is 1.51. The van der Waals surface area contributed by atoms with Crippen LogP contribution in [0.25, 0.3) is 10.2 Å². The number of aryl methyl sites for hydroxylation is 2. The maximum absolute atomic E-state index is 8.22. The fraction of sp³-hybridized carbons (Fsp3) is 0.250. The number of nitrogens with zero attached hydrogens (tertiary/aromatic N) is 2. The van der Waals surface area contributed by atoms with Crippen molar-refractivity contribution in [3.05, 3.63) is 57.1 Å². The van der Waals surface area contributed by atoms with Gasteiger partial charge in [0.1, 0.15) is 10.7 Å². The molecule has 0 bridgehead atoms. The van der Waals surface area contributed by atoms with E-state index in [0.29, 0.717) is 5.49 Å². The molecule has 0 saturated carbocycles. The Morgan fingerprint density at radius 3 is 2.75 bits per heavy atom. The van der Waals surface area contributed by atoms with Crippen molar-refractivity contribution < 1.29 is 0 Å². The molecular weight excluding hydrogens is 266 g/mol. The Morgan fingerprint density at radius 2 is 1.95 bits per heavy atom. The Morgan fingerprint density at radius 1 is 1.20 bits per heavy atom. The second-order valence-electron chi connectivity index (χ2n) is 5.37. The van der Waals surface area contributed by atoms with Gasteiger partial charge in [-0.05, 0) is 30.5 Å². The smallest absolute Gasteiger partial charge is 0.157 e. The fourth-order valence-electron chi connectivity index (χ4n) is 2.96. The van der Waals surface area contributed by atoms with Gasteiger partial charge in [-0.15, -0.1) is 11.3 Å². The SMILES string of the molecule is Cc1sc2c(c1C)c(=N)nc1n2Cc2ccccc2C1. The molecule has 0 saturated heterocycles. The lowest BCUT2D eigenvalue weighted by Crippen LogP contribution is -2.23. The number of benzene rings is 1. The molecule has 0 aliphatic carbocycles. The van der Waals surface area contributed by atoms with Gasteiger partial charge in [-0.3, -0.25) is 5.41 Å². The summed E-state index contributed by atoms with van der Waals surface area (Å²) in [4.78, 5) is 7.04. The van der Waals surface area contributed by atoms with Crippen LogP contribution in [-0.4, -0.2) is 9.55 Å². The second kappa shape index (κ2) is 4.03. The fourth-order valence-corrected chi connectivity index (χ4v) is 4.14. The Labute approximate surface area is 121 Å². The zero-order valence-corrected chi connectivity index (χ0v) is 12.3. The van der Waals surface area contributed by atoms with Gasteiger partial charge in [-0.1, -0.05) is 24.3 Å². The van der Waals surface area contributed by atoms with Gasteiger partial charge >= 0.3 is 0 Å². The predicted molar refractivity (Wildman–Crippen MR) is 81.3 cm³/mol. The van der Waals surface area contributed by atoms with E-state index in [0.717, 1.165) is 24.2 Å². The summed E-state index contributed by atoms with van der Waals surface area (Å²) in [6.07, 6.45) is 0.827. The summed E-state index contributed by atoms with van der Waals surface area (Å²) in [6, 6.07) is 8.53. The molecule has 4 rings (SSSR count). The molecule has 3 nitrogen and oxygen atoms in total. The zero-order valence-electron chi connectivity index (χ0n) is 11.5. The van der Waals surface area contributed by atoms with Crippen LogP contribution < -0.4 is 5.49 Å². The largest absolute Gasteiger partial charge is 0.316 e. The molecule has 20 heavy (non-hydrogen) atoms. The van der Waals surface area contributed by atoms with Crippen LogP contribution in [0.1, 0.15) is 27.4 Å². The van der Waals surface area contributed by atoms with Crippen molar-refractivity contribution in [1.29, 1.82) is 5.41 Å². The number of hydrogen-bond donors (Lipinski definition) is 1. The number of rotatable bonds is 0. The molecule has 1 N–H and O–H groups in total. The van der Waals surface area contributed by atoms with Crippen LogP contribution in [0.15, 0.2) is 24.3 Å². The van der Waals surface area contributed by atoms with Crippen molar-refractivity contribution in [2.24, 2.45) is 0 Å². The molecule has 100 valence electrons. The van der Waals surface area contributed by atoms with Gasteiger partial charge < -0.3 is 4.57 Å². The maximum atomic E-state index is 8.22. The van der Waals surface area contributed by atoms with Gasteiger partial charge in [0.25, 0.3) is 0 Å². The van der Waals surface area contributed by atoms with E-state index in [1.54, 1.807) is 11.3 Å². The van der Waals surface area contributed by atoms with Crippen molar-refractivity contribution in [3.63, 3.8) is 0 Å². The van der Waals surface area contributed by atoms with Crippen LogP contribution in [0.3, 0.4) is 0 Å². The van der Waals surface area contributed by atoms with Gasteiger partial charge in [-0.2, -0.15) is 0 Å². The van der Waals surface area contributed by atoms with E-state index in [1.807, 2.05) is 0 Å². The molecule has 3 heterocycles. The highest BCUT2D eigenvalue weighted by Gasteiger charge is 2.20. The van der Waals surface area contributed by atoms with Crippen LogP contribution in [0.5, 0.6) is 0 Å². The van der Waals surface area contributed by atoms with Crippen molar-refractivity contribution in [2.75, 3.05) is 0 Å². The Balaban J connectivity index is 2.05. The van der Waals surface area contributed by atoms with Gasteiger partial charge in [0.2, 0.25) is 0 Å². The summed E-state index contributed by atoms with van der Waals surface area (Å²) in [5.74, 6) is 1.02. The summed E-state index contributed by atoms with van der Waals surface area (Å²) in [7, 11) is 0. The summed E-state index contributed by atoms with van der Waals surface area (Å²) in [5, 5.41) is 9.25. The van der Waals surface area contributed by atoms with Gasteiger partial charge in [0, 0.05) is 11.3 Å². The molecule has 0 amide bonds. The molecule has 0 fully saturated rings. The third-order valence-electron chi connectivity index (χ3n) is 4.20. The van der Waals surface area contributed by atoms with Gasteiger partial charge in [0.15, 0.2) is 5.49 Å². The Bertz CT molecular complexity index is 902. The first-order chi connectivity index (χ1) is 9.65. The second-order valence-corrected chi connectivity index (χ2v) is 6.57. The monoisotopic (exact) mass is 281 g/mol. The molecule has 0 spiro atoms. The van der Waals surface area contributed by atoms with Crippen molar-refractivity contribution >= 4 is 21.6 Å². The summed E-state index contributed by atoms with van der Waals surface area (Å²) in [6.45, 7) is 5.09. The van der Waals surface area contributed by atoms with Crippen LogP contribution in [0.2, 0.25) is 0 Å². The number of hydrogen-bond acceptors (Lipinski definition) is 3. The van der Waals surface area contributed by atoms with Crippen LogP contribution in [-0.2, 0) is 13.0 Å². The minimum absolute atomic E-state index is 0.424. The molecule has 0 radical (unpaired) electrons. The quantitative estimate of drug-likeness (QED) is 0.528. The first-order valence-corrected chi connectivity index (χ1v) is 7.57. The van der Waals surface area contributed by atoms with Gasteiger partial charge in [0.05, 0.1) is 11.9 Å². The van der Waals surface area contributed by atoms with E-state index in [2.05, 4.69) is 47.7 Å². The van der Waals surface area contributed by atoms with E-state index in [4.69, 9.17) is 5.41 Å². The summed E-state index contributed by atoms with van der Waals surface area (Å²) in [5.41, 5.74) is 4.34. The maximum Gasteiger partial charge on any atom is 0.157 e. The third-order valence-corrected chi connectivity index (χ3v) is 5.43. The molecule has 0 unspecified atom stereocenters. The van der Waals surface area contributed by atoms with Crippen LogP contribution in [0.4, 0.5) is 0 Å².